The van der Waals surface area contributed by atoms with E-state index in [4.69, 9.17) is 4.74 Å². The van der Waals surface area contributed by atoms with Gasteiger partial charge in [0.15, 0.2) is 0 Å². The first-order valence-electron chi connectivity index (χ1n) is 7.34. The summed E-state index contributed by atoms with van der Waals surface area (Å²) in [6, 6.07) is 0.821. The molecule has 0 aromatic rings. The Bertz CT molecular complexity index is 260. The summed E-state index contributed by atoms with van der Waals surface area (Å²) in [5.41, 5.74) is 0.525. The van der Waals surface area contributed by atoms with E-state index in [1.54, 1.807) is 0 Å². The van der Waals surface area contributed by atoms with Gasteiger partial charge < -0.3 is 10.1 Å². The summed E-state index contributed by atoms with van der Waals surface area (Å²) in [6.07, 6.45) is 8.16. The topological polar surface area (TPSA) is 21.3 Å². The van der Waals surface area contributed by atoms with E-state index in [1.165, 1.54) is 38.5 Å². The maximum atomic E-state index is 6.14. The van der Waals surface area contributed by atoms with Gasteiger partial charge in [0.2, 0.25) is 0 Å². The van der Waals surface area contributed by atoms with E-state index >= 15 is 0 Å². The van der Waals surface area contributed by atoms with Crippen LogP contribution in [0.2, 0.25) is 0 Å². The van der Waals surface area contributed by atoms with E-state index in [0.717, 1.165) is 12.6 Å². The van der Waals surface area contributed by atoms with Gasteiger partial charge in [0.25, 0.3) is 0 Å². The molecule has 1 saturated heterocycles. The van der Waals surface area contributed by atoms with Crippen molar-refractivity contribution in [3.8, 4) is 0 Å². The van der Waals surface area contributed by atoms with Gasteiger partial charge >= 0.3 is 0 Å². The van der Waals surface area contributed by atoms with Gasteiger partial charge in [0, 0.05) is 12.6 Å². The summed E-state index contributed by atoms with van der Waals surface area (Å²) in [5, 5.41) is 3.69. The molecular formula is C15H29NO. The largest absolute Gasteiger partial charge is 0.372 e. The van der Waals surface area contributed by atoms with Crippen molar-refractivity contribution in [2.45, 2.75) is 84.0 Å². The molecule has 2 aliphatic rings. The average molecular weight is 239 g/mol. The van der Waals surface area contributed by atoms with Crippen LogP contribution in [-0.4, -0.2) is 24.3 Å². The molecule has 2 fully saturated rings. The minimum atomic E-state index is 0.114. The van der Waals surface area contributed by atoms with Gasteiger partial charge in [-0.3, -0.25) is 0 Å². The molecule has 100 valence electrons. The van der Waals surface area contributed by atoms with E-state index in [0.29, 0.717) is 11.5 Å². The maximum Gasteiger partial charge on any atom is 0.0631 e. The van der Waals surface area contributed by atoms with Crippen molar-refractivity contribution >= 4 is 0 Å². The van der Waals surface area contributed by atoms with Crippen LogP contribution in [-0.2, 0) is 4.74 Å². The molecule has 0 aromatic heterocycles. The summed E-state index contributed by atoms with van der Waals surface area (Å²) >= 11 is 0. The van der Waals surface area contributed by atoms with Crippen LogP contribution in [0.15, 0.2) is 0 Å². The van der Waals surface area contributed by atoms with Crippen molar-refractivity contribution in [3.63, 3.8) is 0 Å². The number of ether oxygens (including phenoxy) is 1. The molecule has 2 heteroatoms. The Balaban J connectivity index is 1.80. The van der Waals surface area contributed by atoms with E-state index in [9.17, 15) is 0 Å². The first-order chi connectivity index (χ1) is 7.92. The molecule has 0 radical (unpaired) electrons. The molecule has 0 amide bonds. The first kappa shape index (κ1) is 13.4. The van der Waals surface area contributed by atoms with Crippen LogP contribution in [0.25, 0.3) is 0 Å². The quantitative estimate of drug-likeness (QED) is 0.766. The highest BCUT2D eigenvalue weighted by atomic mass is 16.5. The third kappa shape index (κ3) is 3.96. The van der Waals surface area contributed by atoms with Crippen LogP contribution in [0.3, 0.4) is 0 Å². The summed E-state index contributed by atoms with van der Waals surface area (Å²) in [7, 11) is 0. The van der Waals surface area contributed by atoms with Crippen LogP contribution in [0.5, 0.6) is 0 Å². The van der Waals surface area contributed by atoms with Crippen molar-refractivity contribution in [1.82, 2.24) is 5.32 Å². The second-order valence-corrected chi connectivity index (χ2v) is 7.06. The Morgan fingerprint density at radius 2 is 2.00 bits per heavy atom. The Morgan fingerprint density at radius 3 is 2.47 bits per heavy atom. The second kappa shape index (κ2) is 4.89. The van der Waals surface area contributed by atoms with E-state index < -0.39 is 0 Å². The second-order valence-electron chi connectivity index (χ2n) is 7.06. The van der Waals surface area contributed by atoms with Crippen LogP contribution < -0.4 is 5.32 Å². The fourth-order valence-electron chi connectivity index (χ4n) is 2.79. The third-order valence-electron chi connectivity index (χ3n) is 4.52. The predicted molar refractivity (Wildman–Crippen MR) is 72.2 cm³/mol. The molecule has 1 N–H and O–H groups in total. The molecule has 2 atom stereocenters. The minimum Gasteiger partial charge on any atom is -0.372 e. The molecule has 2 rings (SSSR count). The van der Waals surface area contributed by atoms with Gasteiger partial charge in [-0.2, -0.15) is 0 Å². The van der Waals surface area contributed by atoms with Crippen molar-refractivity contribution in [1.29, 1.82) is 0 Å². The normalized spacial score (nSPS) is 31.4. The smallest absolute Gasteiger partial charge is 0.0631 e. The SMILES string of the molecule is CCC(C)(CNC1CC1)CC1CCC(C)(C)O1. The number of hydrogen-bond acceptors (Lipinski definition) is 2. The molecule has 1 saturated carbocycles. The standard InChI is InChI=1S/C15H29NO/c1-5-15(4,11-16-12-6-7-12)10-13-8-9-14(2,3)17-13/h12-13,16H,5-11H2,1-4H3. The van der Waals surface area contributed by atoms with Crippen LogP contribution in [0.1, 0.15) is 66.2 Å². The maximum absolute atomic E-state index is 6.14. The zero-order valence-electron chi connectivity index (χ0n) is 12.0. The fourth-order valence-corrected chi connectivity index (χ4v) is 2.79. The fraction of sp³-hybridized carbons (Fsp3) is 1.00. The molecule has 1 aliphatic heterocycles. The Kier molecular flexibility index (Phi) is 3.84. The molecule has 0 aromatic carbocycles. The van der Waals surface area contributed by atoms with Gasteiger partial charge in [0.05, 0.1) is 11.7 Å². The Labute approximate surface area is 107 Å². The highest BCUT2D eigenvalue weighted by Crippen LogP contribution is 2.37. The van der Waals surface area contributed by atoms with Crippen LogP contribution in [0.4, 0.5) is 0 Å². The summed E-state index contributed by atoms with van der Waals surface area (Å²) in [5.74, 6) is 0. The Morgan fingerprint density at radius 1 is 1.29 bits per heavy atom. The van der Waals surface area contributed by atoms with Gasteiger partial charge in [-0.25, -0.2) is 0 Å². The number of hydrogen-bond donors (Lipinski definition) is 1. The molecule has 2 nitrogen and oxygen atoms in total. The summed E-state index contributed by atoms with van der Waals surface area (Å²) in [4.78, 5) is 0. The molecule has 17 heavy (non-hydrogen) atoms. The van der Waals surface area contributed by atoms with Crippen LogP contribution in [0, 0.1) is 5.41 Å². The van der Waals surface area contributed by atoms with Crippen molar-refractivity contribution in [3.05, 3.63) is 0 Å². The molecule has 2 unspecified atom stereocenters. The zero-order chi connectivity index (χ0) is 12.5. The lowest BCUT2D eigenvalue weighted by atomic mass is 9.81. The van der Waals surface area contributed by atoms with Crippen molar-refractivity contribution < 1.29 is 4.74 Å². The van der Waals surface area contributed by atoms with E-state index in [1.807, 2.05) is 0 Å². The van der Waals surface area contributed by atoms with Gasteiger partial charge in [0.1, 0.15) is 0 Å². The monoisotopic (exact) mass is 239 g/mol. The predicted octanol–water partition coefficient (Wildman–Crippen LogP) is 3.50. The minimum absolute atomic E-state index is 0.114. The molecule has 1 aliphatic carbocycles. The summed E-state index contributed by atoms with van der Waals surface area (Å²) < 4.78 is 6.14. The number of nitrogens with one attached hydrogen (secondary N) is 1. The van der Waals surface area contributed by atoms with Crippen molar-refractivity contribution in [2.75, 3.05) is 6.54 Å². The van der Waals surface area contributed by atoms with Gasteiger partial charge in [-0.1, -0.05) is 13.8 Å². The lowest BCUT2D eigenvalue weighted by Crippen LogP contribution is -2.36. The first-order valence-corrected chi connectivity index (χ1v) is 7.34. The Hall–Kier alpha value is -0.0800. The number of rotatable bonds is 6. The molecule has 0 spiro atoms. The third-order valence-corrected chi connectivity index (χ3v) is 4.52. The average Bonchev–Trinajstić information content (AvgIpc) is 3.02. The van der Waals surface area contributed by atoms with E-state index in [-0.39, 0.29) is 5.60 Å². The lowest BCUT2D eigenvalue weighted by molar-refractivity contribution is -0.0341. The molecule has 0 bridgehead atoms. The highest BCUT2D eigenvalue weighted by molar-refractivity contribution is 4.89. The molecular weight excluding hydrogens is 210 g/mol. The van der Waals surface area contributed by atoms with Gasteiger partial charge in [-0.05, 0) is 57.8 Å². The van der Waals surface area contributed by atoms with Crippen molar-refractivity contribution in [2.24, 2.45) is 5.41 Å². The van der Waals surface area contributed by atoms with Gasteiger partial charge in [-0.15, -0.1) is 0 Å². The summed E-state index contributed by atoms with van der Waals surface area (Å²) in [6.45, 7) is 10.3. The van der Waals surface area contributed by atoms with Crippen LogP contribution >= 0.6 is 0 Å². The molecule has 1 heterocycles. The van der Waals surface area contributed by atoms with E-state index in [2.05, 4.69) is 33.0 Å². The lowest BCUT2D eigenvalue weighted by Gasteiger charge is -2.32. The highest BCUT2D eigenvalue weighted by Gasteiger charge is 2.36. The zero-order valence-corrected chi connectivity index (χ0v) is 12.0.